The number of hydrogen-bond acceptors (Lipinski definition) is 6. The Bertz CT molecular complexity index is 828. The van der Waals surface area contributed by atoms with Crippen LogP contribution >= 0.6 is 11.3 Å². The molecule has 1 aromatic carbocycles. The van der Waals surface area contributed by atoms with Crippen LogP contribution in [0.3, 0.4) is 0 Å². The van der Waals surface area contributed by atoms with Crippen LogP contribution in [0.5, 0.6) is 11.5 Å². The number of carboxylic acid groups (broad SMARTS) is 1. The van der Waals surface area contributed by atoms with Gasteiger partial charge >= 0.3 is 5.97 Å². The largest absolute Gasteiger partial charge is 0.481 e. The minimum Gasteiger partial charge on any atom is -0.481 e. The van der Waals surface area contributed by atoms with E-state index < -0.39 is 5.97 Å². The van der Waals surface area contributed by atoms with Crippen LogP contribution in [0, 0.1) is 5.92 Å². The molecule has 1 aliphatic heterocycles. The topological polar surface area (TPSA) is 97.8 Å². The summed E-state index contributed by atoms with van der Waals surface area (Å²) in [6.07, 6.45) is 1.19. The summed E-state index contributed by atoms with van der Waals surface area (Å²) in [6, 6.07) is 5.60. The van der Waals surface area contributed by atoms with Crippen molar-refractivity contribution < 1.29 is 24.2 Å². The van der Waals surface area contributed by atoms with Gasteiger partial charge in [-0.3, -0.25) is 9.59 Å². The van der Waals surface area contributed by atoms with E-state index in [0.29, 0.717) is 24.3 Å². The standard InChI is InChI=1S/C17H16N2O5S/c20-15(18-11-3-10(4-11)17(21)22)6-12-7-25-16(19-12)9-1-2-13-14(5-9)24-8-23-13/h1-2,5,7,10-11H,3-4,6,8H2,(H,18,20)(H,21,22). The van der Waals surface area contributed by atoms with E-state index in [9.17, 15) is 9.59 Å². The first-order valence-electron chi connectivity index (χ1n) is 7.95. The lowest BCUT2D eigenvalue weighted by atomic mass is 9.80. The van der Waals surface area contributed by atoms with Crippen LogP contribution in [-0.4, -0.2) is 34.8 Å². The van der Waals surface area contributed by atoms with Crippen LogP contribution in [0.15, 0.2) is 23.6 Å². The molecule has 0 saturated heterocycles. The van der Waals surface area contributed by atoms with Crippen molar-refractivity contribution in [2.45, 2.75) is 25.3 Å². The highest BCUT2D eigenvalue weighted by molar-refractivity contribution is 7.13. The third kappa shape index (κ3) is 3.30. The maximum absolute atomic E-state index is 12.1. The molecule has 2 aliphatic rings. The van der Waals surface area contributed by atoms with Gasteiger partial charge in [-0.1, -0.05) is 0 Å². The molecule has 4 rings (SSSR count). The number of carbonyl (C=O) groups is 2. The molecule has 2 N–H and O–H groups in total. The van der Waals surface area contributed by atoms with Crippen LogP contribution in [-0.2, 0) is 16.0 Å². The molecular formula is C17H16N2O5S. The molecule has 25 heavy (non-hydrogen) atoms. The van der Waals surface area contributed by atoms with Crippen LogP contribution < -0.4 is 14.8 Å². The molecular weight excluding hydrogens is 344 g/mol. The van der Waals surface area contributed by atoms with Crippen LogP contribution in [0.2, 0.25) is 0 Å². The molecule has 0 atom stereocenters. The maximum atomic E-state index is 12.1. The quantitative estimate of drug-likeness (QED) is 0.847. The molecule has 1 aromatic heterocycles. The van der Waals surface area contributed by atoms with Crippen LogP contribution in [0.4, 0.5) is 0 Å². The van der Waals surface area contributed by atoms with E-state index >= 15 is 0 Å². The van der Waals surface area contributed by atoms with Crippen molar-refractivity contribution in [1.29, 1.82) is 0 Å². The highest BCUT2D eigenvalue weighted by Gasteiger charge is 2.35. The lowest BCUT2D eigenvalue weighted by Gasteiger charge is -2.32. The molecule has 8 heteroatoms. The van der Waals surface area contributed by atoms with E-state index in [1.807, 2.05) is 23.6 Å². The fourth-order valence-electron chi connectivity index (χ4n) is 2.93. The van der Waals surface area contributed by atoms with E-state index in [0.717, 1.165) is 16.3 Å². The number of carbonyl (C=O) groups excluding carboxylic acids is 1. The second-order valence-corrected chi connectivity index (χ2v) is 7.02. The number of nitrogens with one attached hydrogen (secondary N) is 1. The highest BCUT2D eigenvalue weighted by Crippen LogP contribution is 2.36. The van der Waals surface area contributed by atoms with Crippen molar-refractivity contribution in [1.82, 2.24) is 10.3 Å². The molecule has 1 fully saturated rings. The summed E-state index contributed by atoms with van der Waals surface area (Å²) in [7, 11) is 0. The number of ether oxygens (including phenoxy) is 2. The lowest BCUT2D eigenvalue weighted by molar-refractivity contribution is -0.146. The first-order chi connectivity index (χ1) is 12.1. The van der Waals surface area contributed by atoms with E-state index in [4.69, 9.17) is 14.6 Å². The van der Waals surface area contributed by atoms with Gasteiger partial charge in [-0.05, 0) is 31.0 Å². The van der Waals surface area contributed by atoms with Gasteiger partial charge in [-0.2, -0.15) is 0 Å². The lowest BCUT2D eigenvalue weighted by Crippen LogP contribution is -2.47. The SMILES string of the molecule is O=C(Cc1csc(-c2ccc3c(c2)OCO3)n1)NC1CC(C(=O)O)C1. The van der Waals surface area contributed by atoms with Crippen molar-refractivity contribution in [3.63, 3.8) is 0 Å². The van der Waals surface area contributed by atoms with E-state index in [1.54, 1.807) is 0 Å². The van der Waals surface area contributed by atoms with Crippen molar-refractivity contribution in [2.24, 2.45) is 5.92 Å². The minimum atomic E-state index is -0.793. The fourth-order valence-corrected chi connectivity index (χ4v) is 3.75. The van der Waals surface area contributed by atoms with Crippen molar-refractivity contribution in [3.8, 4) is 22.1 Å². The van der Waals surface area contributed by atoms with E-state index in [2.05, 4.69) is 10.3 Å². The second kappa shape index (κ2) is 6.36. The monoisotopic (exact) mass is 360 g/mol. The van der Waals surface area contributed by atoms with Crippen molar-refractivity contribution in [3.05, 3.63) is 29.3 Å². The summed E-state index contributed by atoms with van der Waals surface area (Å²) >= 11 is 1.47. The zero-order valence-electron chi connectivity index (χ0n) is 13.2. The molecule has 130 valence electrons. The summed E-state index contributed by atoms with van der Waals surface area (Å²) in [4.78, 5) is 27.3. The van der Waals surface area contributed by atoms with Gasteiger partial charge < -0.3 is 19.9 Å². The van der Waals surface area contributed by atoms with Gasteiger partial charge in [0.15, 0.2) is 11.5 Å². The first kappa shape index (κ1) is 15.9. The number of fused-ring (bicyclic) bond motifs is 1. The fraction of sp³-hybridized carbons (Fsp3) is 0.353. The number of rotatable bonds is 5. The molecule has 2 heterocycles. The molecule has 0 unspecified atom stereocenters. The number of aromatic nitrogens is 1. The normalized spacial score (nSPS) is 20.8. The van der Waals surface area contributed by atoms with Crippen LogP contribution in [0.1, 0.15) is 18.5 Å². The molecule has 1 saturated carbocycles. The van der Waals surface area contributed by atoms with Gasteiger partial charge in [0.05, 0.1) is 18.0 Å². The van der Waals surface area contributed by atoms with E-state index in [-0.39, 0.29) is 31.1 Å². The van der Waals surface area contributed by atoms with Gasteiger partial charge in [-0.15, -0.1) is 11.3 Å². The second-order valence-electron chi connectivity index (χ2n) is 6.16. The Morgan fingerprint density at radius 2 is 2.08 bits per heavy atom. The molecule has 0 radical (unpaired) electrons. The van der Waals surface area contributed by atoms with Gasteiger partial charge in [0.1, 0.15) is 5.01 Å². The minimum absolute atomic E-state index is 0.0411. The molecule has 1 aliphatic carbocycles. The zero-order valence-corrected chi connectivity index (χ0v) is 14.0. The molecule has 0 spiro atoms. The Labute approximate surface area is 147 Å². The number of aliphatic carboxylic acids is 1. The number of carboxylic acids is 1. The average molecular weight is 360 g/mol. The summed E-state index contributed by atoms with van der Waals surface area (Å²) in [5, 5.41) is 14.4. The zero-order chi connectivity index (χ0) is 17.4. The summed E-state index contributed by atoms with van der Waals surface area (Å²) in [6.45, 7) is 0.228. The smallest absolute Gasteiger partial charge is 0.306 e. The summed E-state index contributed by atoms with van der Waals surface area (Å²) in [5.41, 5.74) is 1.62. The summed E-state index contributed by atoms with van der Waals surface area (Å²) < 4.78 is 10.7. The van der Waals surface area contributed by atoms with Gasteiger partial charge in [0.25, 0.3) is 0 Å². The van der Waals surface area contributed by atoms with E-state index in [1.165, 1.54) is 11.3 Å². The summed E-state index contributed by atoms with van der Waals surface area (Å²) in [5.74, 6) is 0.168. The molecule has 7 nitrogen and oxygen atoms in total. The molecule has 0 bridgehead atoms. The number of amides is 1. The van der Waals surface area contributed by atoms with Gasteiger partial charge in [0.2, 0.25) is 12.7 Å². The Kier molecular flexibility index (Phi) is 4.04. The van der Waals surface area contributed by atoms with Crippen LogP contribution in [0.25, 0.3) is 10.6 Å². The Morgan fingerprint density at radius 3 is 2.88 bits per heavy atom. The number of benzene rings is 1. The predicted molar refractivity (Wildman–Crippen MR) is 89.7 cm³/mol. The Balaban J connectivity index is 1.35. The van der Waals surface area contributed by atoms with Crippen molar-refractivity contribution >= 4 is 23.2 Å². The number of nitrogens with zero attached hydrogens (tertiary/aromatic N) is 1. The average Bonchev–Trinajstić information content (AvgIpc) is 3.18. The number of thiazole rings is 1. The third-order valence-corrected chi connectivity index (χ3v) is 5.31. The molecule has 1 amide bonds. The number of hydrogen-bond donors (Lipinski definition) is 2. The maximum Gasteiger partial charge on any atom is 0.306 e. The Morgan fingerprint density at radius 1 is 1.28 bits per heavy atom. The Hall–Kier alpha value is -2.61. The van der Waals surface area contributed by atoms with Gasteiger partial charge in [0, 0.05) is 17.0 Å². The third-order valence-electron chi connectivity index (χ3n) is 4.37. The highest BCUT2D eigenvalue weighted by atomic mass is 32.1. The molecule has 2 aromatic rings. The predicted octanol–water partition coefficient (Wildman–Crippen LogP) is 2.06. The van der Waals surface area contributed by atoms with Gasteiger partial charge in [-0.25, -0.2) is 4.98 Å². The first-order valence-corrected chi connectivity index (χ1v) is 8.83. The van der Waals surface area contributed by atoms with Crippen molar-refractivity contribution in [2.75, 3.05) is 6.79 Å².